The molecule has 2 rings (SSSR count). The predicted octanol–water partition coefficient (Wildman–Crippen LogP) is 1.74. The van der Waals surface area contributed by atoms with Crippen LogP contribution >= 0.6 is 0 Å². The molecule has 32 heavy (non-hydrogen) atoms. The smallest absolute Gasteiger partial charge is 0.247 e. The van der Waals surface area contributed by atoms with E-state index < -0.39 is 32.2 Å². The summed E-state index contributed by atoms with van der Waals surface area (Å²) in [7, 11) is -5.94. The Morgan fingerprint density at radius 3 is 2.53 bits per heavy atom. The number of aliphatic hydroxyl groups is 1. The van der Waals surface area contributed by atoms with E-state index in [4.69, 9.17) is 4.74 Å². The average Bonchev–Trinajstić information content (AvgIpc) is 2.68. The standard InChI is InChI=1S/C22H34N2O6S2/c1-16(2)8-7-9-19-10-11-22-20(12-19)30-21(14-23(5)31(6,26)27)17(3)13-24(18(4)15-25)32(22,28)29/h10-12,16-18,21,25H,8,13-15H2,1-6H3/t17-,18+,21+/m0/s1. The van der Waals surface area contributed by atoms with E-state index in [2.05, 4.69) is 25.7 Å². The second-order valence-corrected chi connectivity index (χ2v) is 12.8. The van der Waals surface area contributed by atoms with E-state index in [0.717, 1.165) is 6.26 Å². The van der Waals surface area contributed by atoms with Crippen LogP contribution in [-0.4, -0.2) is 75.7 Å². The monoisotopic (exact) mass is 486 g/mol. The number of aliphatic hydroxyl groups excluding tert-OH is 1. The maximum Gasteiger partial charge on any atom is 0.247 e. The summed E-state index contributed by atoms with van der Waals surface area (Å²) < 4.78 is 59.4. The Morgan fingerprint density at radius 2 is 1.97 bits per heavy atom. The fourth-order valence-corrected chi connectivity index (χ4v) is 5.51. The van der Waals surface area contributed by atoms with E-state index >= 15 is 0 Å². The van der Waals surface area contributed by atoms with Gasteiger partial charge >= 0.3 is 0 Å². The Balaban J connectivity index is 2.59. The molecule has 1 aliphatic heterocycles. The lowest BCUT2D eigenvalue weighted by Crippen LogP contribution is -2.50. The second kappa shape index (κ2) is 10.5. The molecular weight excluding hydrogens is 452 g/mol. The summed E-state index contributed by atoms with van der Waals surface area (Å²) in [4.78, 5) is -0.0221. The van der Waals surface area contributed by atoms with Crippen LogP contribution in [-0.2, 0) is 20.0 Å². The maximum absolute atomic E-state index is 13.4. The van der Waals surface area contributed by atoms with Crippen LogP contribution in [0.4, 0.5) is 0 Å². The van der Waals surface area contributed by atoms with E-state index in [0.29, 0.717) is 17.9 Å². The number of benzene rings is 1. The SMILES string of the molecule is CC(C)CC#Cc1ccc2c(c1)O[C@H](CN(C)S(C)(=O)=O)[C@@H](C)CN([C@H](C)CO)S2(=O)=O. The molecule has 0 saturated heterocycles. The Hall–Kier alpha value is -1.64. The summed E-state index contributed by atoms with van der Waals surface area (Å²) in [5.74, 6) is 6.32. The summed E-state index contributed by atoms with van der Waals surface area (Å²) in [6, 6.07) is 4.05. The van der Waals surface area contributed by atoms with Gasteiger partial charge in [-0.3, -0.25) is 0 Å². The third-order valence-corrected chi connectivity index (χ3v) is 8.71. The van der Waals surface area contributed by atoms with Crippen LogP contribution in [0.2, 0.25) is 0 Å². The summed E-state index contributed by atoms with van der Waals surface area (Å²) >= 11 is 0. The number of ether oxygens (including phenoxy) is 1. The summed E-state index contributed by atoms with van der Waals surface area (Å²) in [5, 5.41) is 9.68. The number of sulfonamides is 2. The van der Waals surface area contributed by atoms with E-state index in [1.807, 2.05) is 6.92 Å². The van der Waals surface area contributed by atoms with Gasteiger partial charge in [0.25, 0.3) is 0 Å². The zero-order valence-electron chi connectivity index (χ0n) is 19.6. The van der Waals surface area contributed by atoms with E-state index in [-0.39, 0.29) is 36.3 Å². The fraction of sp³-hybridized carbons (Fsp3) is 0.636. The van der Waals surface area contributed by atoms with Crippen molar-refractivity contribution in [1.82, 2.24) is 8.61 Å². The molecule has 180 valence electrons. The minimum absolute atomic E-state index is 0.0221. The molecule has 1 N–H and O–H groups in total. The number of rotatable bonds is 6. The Morgan fingerprint density at radius 1 is 1.31 bits per heavy atom. The highest BCUT2D eigenvalue weighted by Gasteiger charge is 2.38. The molecule has 8 nitrogen and oxygen atoms in total. The number of nitrogens with zero attached hydrogens (tertiary/aromatic N) is 2. The Bertz CT molecular complexity index is 1070. The van der Waals surface area contributed by atoms with Crippen LogP contribution in [0.5, 0.6) is 5.75 Å². The van der Waals surface area contributed by atoms with Gasteiger partial charge in [0.2, 0.25) is 20.0 Å². The van der Waals surface area contributed by atoms with Crippen molar-refractivity contribution < 1.29 is 26.7 Å². The minimum atomic E-state index is -3.95. The van der Waals surface area contributed by atoms with Crippen molar-refractivity contribution in [2.75, 3.05) is 33.0 Å². The minimum Gasteiger partial charge on any atom is -0.487 e. The Kier molecular flexibility index (Phi) is 8.76. The van der Waals surface area contributed by atoms with Gasteiger partial charge < -0.3 is 9.84 Å². The van der Waals surface area contributed by atoms with Gasteiger partial charge in [-0.25, -0.2) is 21.1 Å². The first kappa shape index (κ1) is 26.6. The van der Waals surface area contributed by atoms with Gasteiger partial charge in [-0.1, -0.05) is 32.6 Å². The molecule has 0 amide bonds. The van der Waals surface area contributed by atoms with Crippen LogP contribution in [0.3, 0.4) is 0 Å². The number of hydrogen-bond donors (Lipinski definition) is 1. The van der Waals surface area contributed by atoms with Crippen molar-refractivity contribution in [3.05, 3.63) is 23.8 Å². The quantitative estimate of drug-likeness (QED) is 0.615. The molecule has 0 bridgehead atoms. The lowest BCUT2D eigenvalue weighted by molar-refractivity contribution is 0.0905. The molecule has 0 spiro atoms. The van der Waals surface area contributed by atoms with Gasteiger partial charge in [-0.05, 0) is 31.0 Å². The highest BCUT2D eigenvalue weighted by molar-refractivity contribution is 7.89. The van der Waals surface area contributed by atoms with Gasteiger partial charge in [0, 0.05) is 37.5 Å². The highest BCUT2D eigenvalue weighted by Crippen LogP contribution is 2.34. The third kappa shape index (κ3) is 6.45. The van der Waals surface area contributed by atoms with Crippen LogP contribution < -0.4 is 4.74 Å². The van der Waals surface area contributed by atoms with Gasteiger partial charge in [-0.15, -0.1) is 0 Å². The van der Waals surface area contributed by atoms with Crippen molar-refractivity contribution in [3.63, 3.8) is 0 Å². The molecule has 0 saturated carbocycles. The summed E-state index contributed by atoms with van der Waals surface area (Å²) in [6.07, 6.45) is 1.22. The number of hydrogen-bond acceptors (Lipinski definition) is 6. The van der Waals surface area contributed by atoms with Crippen molar-refractivity contribution in [2.24, 2.45) is 11.8 Å². The lowest BCUT2D eigenvalue weighted by atomic mass is 10.0. The zero-order chi connectivity index (χ0) is 24.3. The first-order valence-electron chi connectivity index (χ1n) is 10.6. The van der Waals surface area contributed by atoms with E-state index in [1.165, 1.54) is 21.7 Å². The molecule has 0 aliphatic carbocycles. The largest absolute Gasteiger partial charge is 0.487 e. The van der Waals surface area contributed by atoms with Gasteiger partial charge in [0.1, 0.15) is 16.7 Å². The number of fused-ring (bicyclic) bond motifs is 1. The zero-order valence-corrected chi connectivity index (χ0v) is 21.2. The highest BCUT2D eigenvalue weighted by atomic mass is 32.2. The normalized spacial score (nSPS) is 22.3. The molecule has 1 aliphatic rings. The molecule has 1 heterocycles. The molecule has 0 radical (unpaired) electrons. The molecule has 3 atom stereocenters. The first-order valence-corrected chi connectivity index (χ1v) is 13.9. The third-order valence-electron chi connectivity index (χ3n) is 5.41. The Labute approximate surface area is 192 Å². The second-order valence-electron chi connectivity index (χ2n) is 8.84. The van der Waals surface area contributed by atoms with Crippen molar-refractivity contribution in [1.29, 1.82) is 0 Å². The van der Waals surface area contributed by atoms with Crippen LogP contribution in [0.15, 0.2) is 23.1 Å². The molecule has 0 fully saturated rings. The van der Waals surface area contributed by atoms with Crippen LogP contribution in [0.1, 0.15) is 39.7 Å². The van der Waals surface area contributed by atoms with E-state index in [9.17, 15) is 21.9 Å². The van der Waals surface area contributed by atoms with Crippen LogP contribution in [0.25, 0.3) is 0 Å². The number of likely N-dealkylation sites (N-methyl/N-ethyl adjacent to an activating group) is 1. The molecular formula is C22H34N2O6S2. The van der Waals surface area contributed by atoms with Gasteiger partial charge in [-0.2, -0.15) is 4.31 Å². The van der Waals surface area contributed by atoms with Gasteiger partial charge in [0.05, 0.1) is 19.4 Å². The summed E-state index contributed by atoms with van der Waals surface area (Å²) in [5.41, 5.74) is 0.616. The van der Waals surface area contributed by atoms with Crippen molar-refractivity contribution in [3.8, 4) is 17.6 Å². The maximum atomic E-state index is 13.4. The van der Waals surface area contributed by atoms with Crippen molar-refractivity contribution >= 4 is 20.0 Å². The molecule has 0 unspecified atom stereocenters. The average molecular weight is 487 g/mol. The molecule has 0 aromatic heterocycles. The van der Waals surface area contributed by atoms with E-state index in [1.54, 1.807) is 19.1 Å². The van der Waals surface area contributed by atoms with Crippen LogP contribution in [0, 0.1) is 23.7 Å². The molecule has 10 heteroatoms. The fourth-order valence-electron chi connectivity index (χ4n) is 3.27. The van der Waals surface area contributed by atoms with Crippen molar-refractivity contribution in [2.45, 2.75) is 51.2 Å². The predicted molar refractivity (Wildman–Crippen MR) is 124 cm³/mol. The first-order chi connectivity index (χ1) is 14.8. The molecule has 1 aromatic carbocycles. The van der Waals surface area contributed by atoms with Gasteiger partial charge in [0.15, 0.2) is 0 Å². The molecule has 1 aromatic rings. The summed E-state index contributed by atoms with van der Waals surface area (Å²) in [6.45, 7) is 7.37. The lowest BCUT2D eigenvalue weighted by Gasteiger charge is -2.37. The topological polar surface area (TPSA) is 104 Å².